The van der Waals surface area contributed by atoms with Gasteiger partial charge in [0.25, 0.3) is 0 Å². The van der Waals surface area contributed by atoms with Crippen LogP contribution in [0.5, 0.6) is 5.75 Å². The monoisotopic (exact) mass is 321 g/mol. The largest absolute Gasteiger partial charge is 0.491 e. The summed E-state index contributed by atoms with van der Waals surface area (Å²) in [6.07, 6.45) is 0. The molecule has 0 spiro atoms. The highest BCUT2D eigenvalue weighted by molar-refractivity contribution is 9.10. The molecule has 0 amide bonds. The molecule has 0 aromatic heterocycles. The van der Waals surface area contributed by atoms with Gasteiger partial charge in [0.1, 0.15) is 12.4 Å². The van der Waals surface area contributed by atoms with Crippen molar-refractivity contribution in [3.63, 3.8) is 0 Å². The predicted molar refractivity (Wildman–Crippen MR) is 80.1 cm³/mol. The molecule has 2 rings (SSSR count). The van der Waals surface area contributed by atoms with Gasteiger partial charge in [-0.25, -0.2) is 0 Å². The van der Waals surface area contributed by atoms with Crippen LogP contribution in [0, 0.1) is 0 Å². The second-order valence-electron chi connectivity index (χ2n) is 4.06. The first-order valence-electron chi connectivity index (χ1n) is 6.05. The SMILES string of the molecule is Nc1cc(Br)ccc1COCCOc1ccccc1. The van der Waals surface area contributed by atoms with Gasteiger partial charge in [-0.15, -0.1) is 0 Å². The van der Waals surface area contributed by atoms with Crippen molar-refractivity contribution >= 4 is 21.6 Å². The molecule has 4 heteroatoms. The Labute approximate surface area is 121 Å². The quantitative estimate of drug-likeness (QED) is 0.652. The zero-order valence-corrected chi connectivity index (χ0v) is 12.1. The summed E-state index contributed by atoms with van der Waals surface area (Å²) in [6, 6.07) is 15.5. The first-order chi connectivity index (χ1) is 9.25. The van der Waals surface area contributed by atoms with Gasteiger partial charge in [-0.1, -0.05) is 40.2 Å². The number of ether oxygens (including phenoxy) is 2. The van der Waals surface area contributed by atoms with Crippen molar-refractivity contribution in [1.82, 2.24) is 0 Å². The van der Waals surface area contributed by atoms with Crippen molar-refractivity contribution in [1.29, 1.82) is 0 Å². The molecule has 0 aliphatic heterocycles. The Bertz CT molecular complexity index is 517. The zero-order chi connectivity index (χ0) is 13.5. The number of para-hydroxylation sites is 1. The molecule has 100 valence electrons. The van der Waals surface area contributed by atoms with E-state index in [1.165, 1.54) is 0 Å². The van der Waals surface area contributed by atoms with E-state index in [-0.39, 0.29) is 0 Å². The van der Waals surface area contributed by atoms with Crippen LogP contribution >= 0.6 is 15.9 Å². The molecule has 19 heavy (non-hydrogen) atoms. The maximum Gasteiger partial charge on any atom is 0.119 e. The van der Waals surface area contributed by atoms with Crippen molar-refractivity contribution in [2.24, 2.45) is 0 Å². The summed E-state index contributed by atoms with van der Waals surface area (Å²) in [6.45, 7) is 1.56. The number of halogens is 1. The van der Waals surface area contributed by atoms with Gasteiger partial charge in [0.05, 0.1) is 13.2 Å². The molecule has 2 aromatic carbocycles. The Balaban J connectivity index is 1.69. The lowest BCUT2D eigenvalue weighted by atomic mass is 10.2. The van der Waals surface area contributed by atoms with E-state index in [0.29, 0.717) is 19.8 Å². The number of hydrogen-bond donors (Lipinski definition) is 1. The molecule has 0 atom stereocenters. The van der Waals surface area contributed by atoms with E-state index < -0.39 is 0 Å². The van der Waals surface area contributed by atoms with E-state index >= 15 is 0 Å². The van der Waals surface area contributed by atoms with E-state index in [4.69, 9.17) is 15.2 Å². The van der Waals surface area contributed by atoms with Gasteiger partial charge in [-0.05, 0) is 24.3 Å². The summed E-state index contributed by atoms with van der Waals surface area (Å²) in [7, 11) is 0. The summed E-state index contributed by atoms with van der Waals surface area (Å²) < 4.78 is 12.0. The first kappa shape index (κ1) is 13.9. The number of rotatable bonds is 6. The molecule has 0 bridgehead atoms. The van der Waals surface area contributed by atoms with E-state index in [9.17, 15) is 0 Å². The van der Waals surface area contributed by atoms with E-state index in [0.717, 1.165) is 21.5 Å². The lowest BCUT2D eigenvalue weighted by molar-refractivity contribution is 0.0892. The molecule has 0 saturated carbocycles. The third kappa shape index (κ3) is 4.58. The number of nitrogens with two attached hydrogens (primary N) is 1. The third-order valence-electron chi connectivity index (χ3n) is 2.61. The highest BCUT2D eigenvalue weighted by Gasteiger charge is 2.00. The Morgan fingerprint density at radius 1 is 1.00 bits per heavy atom. The molecule has 2 aromatic rings. The highest BCUT2D eigenvalue weighted by Crippen LogP contribution is 2.19. The number of anilines is 1. The van der Waals surface area contributed by atoms with Crippen LogP contribution in [0.2, 0.25) is 0 Å². The smallest absolute Gasteiger partial charge is 0.119 e. The normalized spacial score (nSPS) is 10.4. The van der Waals surface area contributed by atoms with Gasteiger partial charge < -0.3 is 15.2 Å². The van der Waals surface area contributed by atoms with Crippen LogP contribution in [-0.2, 0) is 11.3 Å². The van der Waals surface area contributed by atoms with Crippen molar-refractivity contribution in [3.8, 4) is 5.75 Å². The molecule has 0 aliphatic rings. The van der Waals surface area contributed by atoms with Crippen LogP contribution in [0.3, 0.4) is 0 Å². The molecule has 0 unspecified atom stereocenters. The topological polar surface area (TPSA) is 44.5 Å². The van der Waals surface area contributed by atoms with Gasteiger partial charge >= 0.3 is 0 Å². The Morgan fingerprint density at radius 3 is 2.53 bits per heavy atom. The van der Waals surface area contributed by atoms with Crippen LogP contribution in [0.1, 0.15) is 5.56 Å². The molecule has 0 saturated heterocycles. The summed E-state index contributed by atoms with van der Waals surface area (Å²) in [5.41, 5.74) is 7.61. The molecule has 3 nitrogen and oxygen atoms in total. The maximum atomic E-state index is 5.89. The zero-order valence-electron chi connectivity index (χ0n) is 10.5. The Morgan fingerprint density at radius 2 is 1.79 bits per heavy atom. The minimum absolute atomic E-state index is 0.497. The van der Waals surface area contributed by atoms with Crippen molar-refractivity contribution in [2.45, 2.75) is 6.61 Å². The van der Waals surface area contributed by atoms with Crippen LogP contribution in [-0.4, -0.2) is 13.2 Å². The van der Waals surface area contributed by atoms with Gasteiger partial charge in [0, 0.05) is 15.7 Å². The third-order valence-corrected chi connectivity index (χ3v) is 3.10. The minimum atomic E-state index is 0.497. The molecule has 0 aliphatic carbocycles. The fraction of sp³-hybridized carbons (Fsp3) is 0.200. The minimum Gasteiger partial charge on any atom is -0.491 e. The Hall–Kier alpha value is -1.52. The van der Waals surface area contributed by atoms with Crippen molar-refractivity contribution < 1.29 is 9.47 Å². The number of hydrogen-bond acceptors (Lipinski definition) is 3. The van der Waals surface area contributed by atoms with Gasteiger partial charge in [0.15, 0.2) is 0 Å². The number of benzene rings is 2. The molecular formula is C15H16BrNO2. The van der Waals surface area contributed by atoms with E-state index in [1.54, 1.807) is 0 Å². The van der Waals surface area contributed by atoms with Crippen LogP contribution in [0.4, 0.5) is 5.69 Å². The second-order valence-corrected chi connectivity index (χ2v) is 4.97. The average Bonchev–Trinajstić information content (AvgIpc) is 2.42. The lowest BCUT2D eigenvalue weighted by Gasteiger charge is -2.09. The summed E-state index contributed by atoms with van der Waals surface area (Å²) in [5, 5.41) is 0. The summed E-state index contributed by atoms with van der Waals surface area (Å²) in [5.74, 6) is 0.856. The predicted octanol–water partition coefficient (Wildman–Crippen LogP) is 3.63. The molecule has 0 fully saturated rings. The molecule has 0 radical (unpaired) electrons. The van der Waals surface area contributed by atoms with Crippen molar-refractivity contribution in [2.75, 3.05) is 18.9 Å². The van der Waals surface area contributed by atoms with Crippen LogP contribution in [0.15, 0.2) is 53.0 Å². The number of nitrogen functional groups attached to an aromatic ring is 1. The summed E-state index contributed by atoms with van der Waals surface area (Å²) >= 11 is 3.37. The summed E-state index contributed by atoms with van der Waals surface area (Å²) in [4.78, 5) is 0. The van der Waals surface area contributed by atoms with Crippen LogP contribution in [0.25, 0.3) is 0 Å². The fourth-order valence-electron chi connectivity index (χ4n) is 1.61. The lowest BCUT2D eigenvalue weighted by Crippen LogP contribution is -2.07. The van der Waals surface area contributed by atoms with Gasteiger partial charge in [-0.3, -0.25) is 0 Å². The van der Waals surface area contributed by atoms with E-state index in [1.807, 2.05) is 48.5 Å². The fourth-order valence-corrected chi connectivity index (χ4v) is 1.99. The second kappa shape index (κ2) is 7.16. The van der Waals surface area contributed by atoms with Gasteiger partial charge in [0.2, 0.25) is 0 Å². The standard InChI is InChI=1S/C15H16BrNO2/c16-13-7-6-12(15(17)10-13)11-18-8-9-19-14-4-2-1-3-5-14/h1-7,10H,8-9,11,17H2. The molecule has 2 N–H and O–H groups in total. The first-order valence-corrected chi connectivity index (χ1v) is 6.84. The van der Waals surface area contributed by atoms with Gasteiger partial charge in [-0.2, -0.15) is 0 Å². The Kier molecular flexibility index (Phi) is 5.24. The molecule has 0 heterocycles. The highest BCUT2D eigenvalue weighted by atomic mass is 79.9. The maximum absolute atomic E-state index is 5.89. The molecular weight excluding hydrogens is 306 g/mol. The van der Waals surface area contributed by atoms with Crippen LogP contribution < -0.4 is 10.5 Å². The van der Waals surface area contributed by atoms with Crippen molar-refractivity contribution in [3.05, 3.63) is 58.6 Å². The van der Waals surface area contributed by atoms with E-state index in [2.05, 4.69) is 15.9 Å². The average molecular weight is 322 g/mol.